The molecule has 3 aromatic rings. The summed E-state index contributed by atoms with van der Waals surface area (Å²) in [6.07, 6.45) is 6.56. The van der Waals surface area contributed by atoms with Crippen LogP contribution >= 0.6 is 0 Å². The summed E-state index contributed by atoms with van der Waals surface area (Å²) in [5.74, 6) is -0.764. The molecule has 0 aliphatic carbocycles. The summed E-state index contributed by atoms with van der Waals surface area (Å²) < 4.78 is 5.85. The lowest BCUT2D eigenvalue weighted by atomic mass is 9.93. The van der Waals surface area contributed by atoms with Gasteiger partial charge in [0.25, 0.3) is 11.7 Å². The number of ketones is 1. The number of aliphatic hydroxyl groups excluding tert-OH is 1. The van der Waals surface area contributed by atoms with Crippen LogP contribution in [0.5, 0.6) is 5.75 Å². The van der Waals surface area contributed by atoms with E-state index < -0.39 is 17.7 Å². The summed E-state index contributed by atoms with van der Waals surface area (Å²) in [7, 11) is 0. The van der Waals surface area contributed by atoms with Crippen molar-refractivity contribution in [1.29, 1.82) is 0 Å². The van der Waals surface area contributed by atoms with Crippen molar-refractivity contribution in [2.24, 2.45) is 0 Å². The van der Waals surface area contributed by atoms with Crippen LogP contribution in [0, 0.1) is 13.8 Å². The number of pyridine rings is 1. The van der Waals surface area contributed by atoms with Crippen molar-refractivity contribution in [1.82, 2.24) is 9.88 Å². The van der Waals surface area contributed by atoms with Crippen LogP contribution in [-0.2, 0) is 16.1 Å². The Kier molecular flexibility index (Phi) is 7.84. The lowest BCUT2D eigenvalue weighted by Gasteiger charge is -2.25. The van der Waals surface area contributed by atoms with Gasteiger partial charge in [-0.15, -0.1) is 0 Å². The van der Waals surface area contributed by atoms with Crippen molar-refractivity contribution >= 4 is 17.4 Å². The minimum Gasteiger partial charge on any atom is -0.507 e. The number of benzene rings is 2. The van der Waals surface area contributed by atoms with E-state index in [1.54, 1.807) is 18.5 Å². The van der Waals surface area contributed by atoms with Crippen LogP contribution in [0.1, 0.15) is 60.0 Å². The van der Waals surface area contributed by atoms with Crippen LogP contribution < -0.4 is 4.74 Å². The van der Waals surface area contributed by atoms with Crippen molar-refractivity contribution in [2.45, 2.75) is 52.6 Å². The Morgan fingerprint density at radius 1 is 1.06 bits per heavy atom. The van der Waals surface area contributed by atoms with E-state index in [1.807, 2.05) is 62.4 Å². The van der Waals surface area contributed by atoms with Crippen LogP contribution in [0.25, 0.3) is 5.76 Å². The first-order chi connectivity index (χ1) is 17.4. The van der Waals surface area contributed by atoms with Gasteiger partial charge < -0.3 is 14.7 Å². The van der Waals surface area contributed by atoms with E-state index in [1.165, 1.54) is 4.90 Å². The molecule has 1 aliphatic heterocycles. The van der Waals surface area contributed by atoms with Gasteiger partial charge in [0, 0.05) is 24.5 Å². The number of unbranched alkanes of at least 4 members (excludes halogenated alkanes) is 2. The molecule has 2 heterocycles. The summed E-state index contributed by atoms with van der Waals surface area (Å²) in [6.45, 7) is 6.78. The van der Waals surface area contributed by atoms with Gasteiger partial charge in [-0.2, -0.15) is 0 Å². The molecule has 1 saturated heterocycles. The van der Waals surface area contributed by atoms with Gasteiger partial charge in [0.05, 0.1) is 18.2 Å². The SMILES string of the molecule is CCCCCOc1ccc(C2/C(=C(\O)c3cc(C)ccc3C)C(=O)C(=O)N2Cc2cccnc2)cc1. The molecular formula is C30H32N2O4. The number of Topliss-reactive ketones (excluding diaryl/α,β-unsaturated/α-hetero) is 1. The number of carbonyl (C=O) groups excluding carboxylic acids is 2. The number of aliphatic hydroxyl groups is 1. The molecule has 0 radical (unpaired) electrons. The Morgan fingerprint density at radius 2 is 1.83 bits per heavy atom. The second-order valence-corrected chi connectivity index (χ2v) is 9.23. The molecule has 4 rings (SSSR count). The minimum absolute atomic E-state index is 0.0919. The van der Waals surface area contributed by atoms with Gasteiger partial charge in [0.15, 0.2) is 0 Å². The molecule has 1 N–H and O–H groups in total. The van der Waals surface area contributed by atoms with E-state index in [4.69, 9.17) is 4.74 Å². The second-order valence-electron chi connectivity index (χ2n) is 9.23. The van der Waals surface area contributed by atoms with E-state index >= 15 is 0 Å². The van der Waals surface area contributed by atoms with Crippen molar-refractivity contribution in [2.75, 3.05) is 6.61 Å². The highest BCUT2D eigenvalue weighted by molar-refractivity contribution is 6.46. The van der Waals surface area contributed by atoms with Gasteiger partial charge in [-0.1, -0.05) is 55.7 Å². The Morgan fingerprint density at radius 3 is 2.53 bits per heavy atom. The average molecular weight is 485 g/mol. The van der Waals surface area contributed by atoms with Crippen molar-refractivity contribution in [3.05, 3.63) is 100 Å². The molecule has 0 spiro atoms. The maximum absolute atomic E-state index is 13.3. The molecule has 2 aromatic carbocycles. The lowest BCUT2D eigenvalue weighted by Crippen LogP contribution is -2.29. The first-order valence-corrected chi connectivity index (χ1v) is 12.4. The number of likely N-dealkylation sites (tertiary alicyclic amines) is 1. The third kappa shape index (κ3) is 5.33. The van der Waals surface area contributed by atoms with E-state index in [9.17, 15) is 14.7 Å². The minimum atomic E-state index is -0.737. The fraction of sp³-hybridized carbons (Fsp3) is 0.300. The molecule has 1 aliphatic rings. The zero-order valence-electron chi connectivity index (χ0n) is 21.0. The number of amides is 1. The maximum atomic E-state index is 13.3. The number of rotatable bonds is 9. The molecule has 36 heavy (non-hydrogen) atoms. The van der Waals surface area contributed by atoms with Crippen LogP contribution in [0.15, 0.2) is 72.6 Å². The smallest absolute Gasteiger partial charge is 0.295 e. The van der Waals surface area contributed by atoms with E-state index in [2.05, 4.69) is 11.9 Å². The average Bonchev–Trinajstić information content (AvgIpc) is 3.13. The third-order valence-electron chi connectivity index (χ3n) is 6.48. The Bertz CT molecular complexity index is 1270. The molecule has 1 aromatic heterocycles. The van der Waals surface area contributed by atoms with Crippen LogP contribution in [0.3, 0.4) is 0 Å². The van der Waals surface area contributed by atoms with Crippen molar-refractivity contribution < 1.29 is 19.4 Å². The number of hydrogen-bond donors (Lipinski definition) is 1. The zero-order valence-corrected chi connectivity index (χ0v) is 21.0. The summed E-state index contributed by atoms with van der Waals surface area (Å²) in [6, 6.07) is 16.0. The standard InChI is InChI=1S/C30H32N2O4/c1-4-5-6-16-36-24-13-11-23(12-14-24)27-26(28(33)25-17-20(2)9-10-21(25)3)29(34)30(35)32(27)19-22-8-7-15-31-18-22/h7-15,17-18,27,33H,4-6,16,19H2,1-3H3/b28-26+. The fourth-order valence-electron chi connectivity index (χ4n) is 4.50. The summed E-state index contributed by atoms with van der Waals surface area (Å²) in [5, 5.41) is 11.4. The zero-order chi connectivity index (χ0) is 25.7. The number of hydrogen-bond acceptors (Lipinski definition) is 5. The highest BCUT2D eigenvalue weighted by atomic mass is 16.5. The summed E-state index contributed by atoms with van der Waals surface area (Å²) in [5.41, 5.74) is 3.95. The molecule has 1 atom stereocenters. The molecule has 0 bridgehead atoms. The van der Waals surface area contributed by atoms with Gasteiger partial charge in [-0.05, 0) is 61.2 Å². The van der Waals surface area contributed by atoms with Gasteiger partial charge in [-0.25, -0.2) is 0 Å². The largest absolute Gasteiger partial charge is 0.507 e. The highest BCUT2D eigenvalue weighted by Gasteiger charge is 2.46. The monoisotopic (exact) mass is 484 g/mol. The number of carbonyl (C=O) groups is 2. The van der Waals surface area contributed by atoms with Crippen molar-refractivity contribution in [3.8, 4) is 5.75 Å². The van der Waals surface area contributed by atoms with Crippen LogP contribution in [0.4, 0.5) is 0 Å². The predicted octanol–water partition coefficient (Wildman–Crippen LogP) is 5.89. The topological polar surface area (TPSA) is 79.7 Å². The van der Waals surface area contributed by atoms with Gasteiger partial charge >= 0.3 is 0 Å². The molecule has 1 fully saturated rings. The predicted molar refractivity (Wildman–Crippen MR) is 139 cm³/mol. The maximum Gasteiger partial charge on any atom is 0.295 e. The Labute approximate surface area is 212 Å². The highest BCUT2D eigenvalue weighted by Crippen LogP contribution is 2.41. The quantitative estimate of drug-likeness (QED) is 0.177. The lowest BCUT2D eigenvalue weighted by molar-refractivity contribution is -0.140. The fourth-order valence-corrected chi connectivity index (χ4v) is 4.50. The Hall–Kier alpha value is -3.93. The number of nitrogens with zero attached hydrogens (tertiary/aromatic N) is 2. The second kappa shape index (κ2) is 11.2. The molecule has 6 heteroatoms. The van der Waals surface area contributed by atoms with Gasteiger partial charge in [-0.3, -0.25) is 14.6 Å². The first kappa shape index (κ1) is 25.2. The Balaban J connectivity index is 1.76. The molecular weight excluding hydrogens is 452 g/mol. The molecule has 1 amide bonds. The first-order valence-electron chi connectivity index (χ1n) is 12.4. The van der Waals surface area contributed by atoms with E-state index in [0.717, 1.165) is 47.3 Å². The molecule has 6 nitrogen and oxygen atoms in total. The van der Waals surface area contributed by atoms with Crippen LogP contribution in [0.2, 0.25) is 0 Å². The van der Waals surface area contributed by atoms with Crippen LogP contribution in [-0.4, -0.2) is 33.3 Å². The van der Waals surface area contributed by atoms with E-state index in [-0.39, 0.29) is 17.9 Å². The molecule has 0 saturated carbocycles. The van der Waals surface area contributed by atoms with E-state index in [0.29, 0.717) is 12.2 Å². The molecule has 1 unspecified atom stereocenters. The number of aromatic nitrogens is 1. The van der Waals surface area contributed by atoms with Gasteiger partial charge in [0.1, 0.15) is 11.5 Å². The normalized spacial score (nSPS) is 17.0. The summed E-state index contributed by atoms with van der Waals surface area (Å²) in [4.78, 5) is 32.2. The number of ether oxygens (including phenoxy) is 1. The van der Waals surface area contributed by atoms with Gasteiger partial charge in [0.2, 0.25) is 0 Å². The molecule has 186 valence electrons. The summed E-state index contributed by atoms with van der Waals surface area (Å²) >= 11 is 0. The number of aryl methyl sites for hydroxylation is 2. The third-order valence-corrected chi connectivity index (χ3v) is 6.48. The van der Waals surface area contributed by atoms with Crippen molar-refractivity contribution in [3.63, 3.8) is 0 Å².